The third kappa shape index (κ3) is 6.91. The second-order valence-corrected chi connectivity index (χ2v) is 17.2. The molecule has 2 aliphatic carbocycles. The molecule has 294 valence electrons. The highest BCUT2D eigenvalue weighted by atomic mass is 19.1. The van der Waals surface area contributed by atoms with Crippen molar-refractivity contribution in [1.29, 1.82) is 0 Å². The lowest BCUT2D eigenvalue weighted by molar-refractivity contribution is 0.208. The molecule has 58 heavy (non-hydrogen) atoms. The predicted molar refractivity (Wildman–Crippen MR) is 228 cm³/mol. The number of fused-ring (bicyclic) bond motifs is 2. The molecule has 0 heterocycles. The fraction of sp³-hybridized carbons (Fsp3) is 0.269. The Labute approximate surface area is 339 Å². The van der Waals surface area contributed by atoms with Gasteiger partial charge in [0.15, 0.2) is 0 Å². The molecule has 0 aromatic heterocycles. The van der Waals surface area contributed by atoms with E-state index < -0.39 is 0 Å². The van der Waals surface area contributed by atoms with Crippen LogP contribution in [0.1, 0.15) is 101 Å². The molecule has 0 radical (unpaired) electrons. The van der Waals surface area contributed by atoms with E-state index in [4.69, 9.17) is 9.98 Å². The first-order chi connectivity index (χ1) is 27.6. The number of hydrogen-bond donors (Lipinski definition) is 0. The minimum atomic E-state index is -0.305. The molecule has 6 aromatic carbocycles. The van der Waals surface area contributed by atoms with Gasteiger partial charge in [0.1, 0.15) is 23.3 Å². The maximum Gasteiger partial charge on any atom is 0.123 e. The number of halogens is 4. The van der Waals surface area contributed by atoms with Gasteiger partial charge in [0.2, 0.25) is 0 Å². The lowest BCUT2D eigenvalue weighted by Crippen LogP contribution is -2.33. The van der Waals surface area contributed by atoms with Gasteiger partial charge in [-0.15, -0.1) is 0 Å². The van der Waals surface area contributed by atoms with Crippen LogP contribution in [0.3, 0.4) is 0 Å². The topological polar surface area (TPSA) is 24.7 Å². The number of benzene rings is 6. The molecule has 0 aliphatic heterocycles. The highest BCUT2D eigenvalue weighted by molar-refractivity contribution is 6.48. The molecule has 2 aliphatic rings. The molecule has 0 unspecified atom stereocenters. The molecule has 0 amide bonds. The first kappa shape index (κ1) is 39.2. The van der Waals surface area contributed by atoms with Gasteiger partial charge in [0, 0.05) is 23.2 Å². The molecular weight excluding hydrogens is 729 g/mol. The Morgan fingerprint density at radius 1 is 0.466 bits per heavy atom. The van der Waals surface area contributed by atoms with E-state index in [0.717, 1.165) is 91.3 Å². The number of rotatable bonds is 8. The third-order valence-electron chi connectivity index (χ3n) is 13.3. The maximum atomic E-state index is 14.1. The smallest absolute Gasteiger partial charge is 0.123 e. The van der Waals surface area contributed by atoms with Gasteiger partial charge in [-0.05, 0) is 150 Å². The lowest BCUT2D eigenvalue weighted by atomic mass is 9.70. The van der Waals surface area contributed by atoms with Gasteiger partial charge >= 0.3 is 0 Å². The summed E-state index contributed by atoms with van der Waals surface area (Å²) in [5.74, 6) is -1.45. The van der Waals surface area contributed by atoms with Crippen LogP contribution in [-0.2, 0) is 0 Å². The predicted octanol–water partition coefficient (Wildman–Crippen LogP) is 14.1. The molecule has 6 aromatic rings. The van der Waals surface area contributed by atoms with Gasteiger partial charge in [-0.1, -0.05) is 93.6 Å². The Bertz CT molecular complexity index is 2430. The molecule has 0 N–H and O–H groups in total. The minimum Gasteiger partial charge on any atom is -0.251 e. The summed E-state index contributed by atoms with van der Waals surface area (Å²) in [4.78, 5) is 11.1. The molecule has 2 saturated carbocycles. The zero-order valence-electron chi connectivity index (χ0n) is 34.1. The zero-order chi connectivity index (χ0) is 41.1. The fourth-order valence-electron chi connectivity index (χ4n) is 9.83. The molecule has 0 spiro atoms. The Kier molecular flexibility index (Phi) is 10.1. The first-order valence-corrected chi connectivity index (χ1v) is 20.1. The normalized spacial score (nSPS) is 19.9. The quantitative estimate of drug-likeness (QED) is 0.109. The van der Waals surface area contributed by atoms with Crippen LogP contribution in [0.5, 0.6) is 0 Å². The van der Waals surface area contributed by atoms with E-state index >= 15 is 0 Å². The second kappa shape index (κ2) is 15.0. The highest BCUT2D eigenvalue weighted by Gasteiger charge is 2.63. The molecule has 6 heteroatoms. The molecule has 2 fully saturated rings. The van der Waals surface area contributed by atoms with Gasteiger partial charge in [0.25, 0.3) is 0 Å². The van der Waals surface area contributed by atoms with Crippen LogP contribution in [0.15, 0.2) is 131 Å². The SMILES string of the molecule is Cc1cc(C(c2ccc(F)cc2)c2ccc(F)cc2)cc(C)c1N=C1C(=Nc2c(C)cc(C(c3ccc(F)cc3)c3ccc(F)cc3)cc2C)[C@]2(C)CC[C@@H]1C2(C)C. The van der Waals surface area contributed by atoms with Crippen molar-refractivity contribution in [3.63, 3.8) is 0 Å². The number of aryl methyl sites for hydroxylation is 4. The molecule has 2 atom stereocenters. The van der Waals surface area contributed by atoms with E-state index in [-0.39, 0.29) is 51.9 Å². The lowest BCUT2D eigenvalue weighted by Gasteiger charge is -2.34. The van der Waals surface area contributed by atoms with Crippen molar-refractivity contribution in [3.05, 3.63) is 200 Å². The largest absolute Gasteiger partial charge is 0.251 e. The van der Waals surface area contributed by atoms with Gasteiger partial charge in [-0.2, -0.15) is 0 Å². The van der Waals surface area contributed by atoms with Crippen molar-refractivity contribution in [3.8, 4) is 0 Å². The Hall–Kier alpha value is -5.62. The van der Waals surface area contributed by atoms with Crippen LogP contribution < -0.4 is 0 Å². The van der Waals surface area contributed by atoms with Crippen LogP contribution in [0.4, 0.5) is 28.9 Å². The van der Waals surface area contributed by atoms with Crippen molar-refractivity contribution < 1.29 is 17.6 Å². The summed E-state index contributed by atoms with van der Waals surface area (Å²) in [6, 6.07) is 34.8. The maximum absolute atomic E-state index is 14.1. The van der Waals surface area contributed by atoms with Crippen molar-refractivity contribution >= 4 is 22.8 Å². The van der Waals surface area contributed by atoms with Crippen molar-refractivity contribution in [2.24, 2.45) is 26.7 Å². The van der Waals surface area contributed by atoms with Crippen LogP contribution in [0, 0.1) is 67.7 Å². The molecule has 2 bridgehead atoms. The second-order valence-electron chi connectivity index (χ2n) is 17.2. The molecule has 8 rings (SSSR count). The van der Waals surface area contributed by atoms with E-state index in [0.29, 0.717) is 0 Å². The van der Waals surface area contributed by atoms with Crippen molar-refractivity contribution in [1.82, 2.24) is 0 Å². The van der Waals surface area contributed by atoms with Crippen molar-refractivity contribution in [2.75, 3.05) is 0 Å². The summed E-state index contributed by atoms with van der Waals surface area (Å²) in [7, 11) is 0. The van der Waals surface area contributed by atoms with E-state index in [9.17, 15) is 17.6 Å². The zero-order valence-corrected chi connectivity index (χ0v) is 34.1. The summed E-state index contributed by atoms with van der Waals surface area (Å²) in [6.45, 7) is 15.4. The fourth-order valence-corrected chi connectivity index (χ4v) is 9.83. The van der Waals surface area contributed by atoms with Crippen molar-refractivity contribution in [2.45, 2.75) is 73.1 Å². The van der Waals surface area contributed by atoms with Crippen LogP contribution in [0.25, 0.3) is 0 Å². The Balaban J connectivity index is 1.22. The van der Waals surface area contributed by atoms with Gasteiger partial charge in [-0.25, -0.2) is 17.6 Å². The molecular formula is C52H48F4N2. The summed E-state index contributed by atoms with van der Waals surface area (Å²) >= 11 is 0. The average molecular weight is 777 g/mol. The molecule has 2 nitrogen and oxygen atoms in total. The Morgan fingerprint density at radius 2 is 0.776 bits per heavy atom. The highest BCUT2D eigenvalue weighted by Crippen LogP contribution is 2.63. The minimum absolute atomic E-state index is 0.0688. The van der Waals surface area contributed by atoms with Gasteiger partial charge in [0.05, 0.1) is 22.8 Å². The monoisotopic (exact) mass is 776 g/mol. The molecule has 0 saturated heterocycles. The first-order valence-electron chi connectivity index (χ1n) is 20.1. The summed E-state index contributed by atoms with van der Waals surface area (Å²) in [5.41, 5.74) is 13.4. The van der Waals surface area contributed by atoms with Gasteiger partial charge in [-0.3, -0.25) is 9.98 Å². The summed E-state index contributed by atoms with van der Waals surface area (Å²) in [5, 5.41) is 0. The van der Waals surface area contributed by atoms with Crippen LogP contribution >= 0.6 is 0 Å². The van der Waals surface area contributed by atoms with E-state index in [2.05, 4.69) is 72.7 Å². The third-order valence-corrected chi connectivity index (χ3v) is 13.3. The summed E-state index contributed by atoms with van der Waals surface area (Å²) in [6.07, 6.45) is 2.05. The standard InChI is InChI=1S/C52H48F4N2/c1-30-26-38(45(34-8-16-40(53)17-9-34)35-10-18-41(54)19-11-35)27-31(2)47(30)57-49-44-24-25-52(7,51(44,5)6)50(49)58-48-32(3)28-39(29-33(48)4)46(36-12-20-42(55)21-13-36)37-14-22-43(56)23-15-37/h8-23,26-29,44-46H,24-25H2,1-7H3/t44-,52-/m0/s1. The number of hydrogen-bond acceptors (Lipinski definition) is 2. The van der Waals surface area contributed by atoms with E-state index in [1.54, 1.807) is 48.5 Å². The van der Waals surface area contributed by atoms with Crippen LogP contribution in [-0.4, -0.2) is 11.4 Å². The summed E-state index contributed by atoms with van der Waals surface area (Å²) < 4.78 is 56.2. The number of aliphatic imine (C=N–C) groups is 2. The Morgan fingerprint density at radius 3 is 1.10 bits per heavy atom. The van der Waals surface area contributed by atoms with E-state index in [1.807, 2.05) is 0 Å². The van der Waals surface area contributed by atoms with Crippen LogP contribution in [0.2, 0.25) is 0 Å². The van der Waals surface area contributed by atoms with E-state index in [1.165, 1.54) is 48.5 Å². The van der Waals surface area contributed by atoms with Gasteiger partial charge < -0.3 is 0 Å². The average Bonchev–Trinajstić information content (AvgIpc) is 3.50. The number of nitrogens with zero attached hydrogens (tertiary/aromatic N) is 2.